The molecule has 98 valence electrons. The van der Waals surface area contributed by atoms with E-state index in [4.69, 9.17) is 29.6 Å². The van der Waals surface area contributed by atoms with Crippen LogP contribution >= 0.6 is 46.4 Å². The van der Waals surface area contributed by atoms with Crippen LogP contribution in [0.5, 0.6) is 0 Å². The third-order valence-electron chi connectivity index (χ3n) is 2.32. The van der Waals surface area contributed by atoms with Gasteiger partial charge in [0.25, 0.3) is 5.91 Å². The summed E-state index contributed by atoms with van der Waals surface area (Å²) in [4.78, 5) is 12.3. The van der Waals surface area contributed by atoms with Gasteiger partial charge in [-0.1, -0.05) is 23.8 Å². The molecule has 0 aliphatic carbocycles. The number of amides is 1. The van der Waals surface area contributed by atoms with E-state index < -0.39 is 0 Å². The van der Waals surface area contributed by atoms with Gasteiger partial charge in [0.2, 0.25) is 0 Å². The topological polar surface area (TPSA) is 55.1 Å². The fourth-order valence-electron chi connectivity index (χ4n) is 1.37. The lowest BCUT2D eigenvalue weighted by molar-refractivity contribution is 0.0953. The van der Waals surface area contributed by atoms with Crippen LogP contribution in [0.4, 0.5) is 0 Å². The maximum absolute atomic E-state index is 11.8. The van der Waals surface area contributed by atoms with Gasteiger partial charge in [0, 0.05) is 15.7 Å². The Morgan fingerprint density at radius 1 is 1.44 bits per heavy atom. The summed E-state index contributed by atoms with van der Waals surface area (Å²) in [6.45, 7) is 0.616. The van der Waals surface area contributed by atoms with Crippen molar-refractivity contribution >= 4 is 57.3 Å². The van der Waals surface area contributed by atoms with Crippen molar-refractivity contribution in [3.8, 4) is 0 Å². The minimum Gasteiger partial charge on any atom is -0.393 e. The highest BCUT2D eigenvalue weighted by molar-refractivity contribution is 14.1. The summed E-state index contributed by atoms with van der Waals surface area (Å²) < 4.78 is 0.933. The van der Waals surface area contributed by atoms with Gasteiger partial charge in [0.05, 0.1) is 10.0 Å². The maximum Gasteiger partial charge on any atom is 0.251 e. The monoisotopic (exact) mass is 396 g/mol. The second kappa shape index (κ2) is 7.91. The Kier molecular flexibility index (Phi) is 6.88. The van der Waals surface area contributed by atoms with Crippen molar-refractivity contribution < 1.29 is 4.79 Å². The minimum atomic E-state index is -0.108. The predicted molar refractivity (Wildman–Crippen MR) is 87.1 cm³/mol. The van der Waals surface area contributed by atoms with E-state index in [0.29, 0.717) is 22.1 Å². The Morgan fingerprint density at radius 2 is 2.17 bits per heavy atom. The van der Waals surface area contributed by atoms with Crippen molar-refractivity contribution in [3.05, 3.63) is 32.4 Å². The lowest BCUT2D eigenvalue weighted by Crippen LogP contribution is -2.24. The maximum atomic E-state index is 11.8. The molecule has 1 aromatic carbocycles. The van der Waals surface area contributed by atoms with Crippen LogP contribution in [0, 0.1) is 3.57 Å². The van der Waals surface area contributed by atoms with Gasteiger partial charge in [-0.05, 0) is 60.1 Å². The first-order valence-corrected chi connectivity index (χ1v) is 7.38. The number of unbranched alkanes of at least 4 members (excludes halogenated alkanes) is 1. The van der Waals surface area contributed by atoms with Crippen molar-refractivity contribution in [2.75, 3.05) is 6.54 Å². The van der Waals surface area contributed by atoms with Crippen molar-refractivity contribution in [1.29, 1.82) is 0 Å². The number of hydrogen-bond acceptors (Lipinski definition) is 2. The fraction of sp³-hybridized carbons (Fsp3) is 0.333. The summed E-state index contributed by atoms with van der Waals surface area (Å²) in [6, 6.07) is 5.26. The first kappa shape index (κ1) is 15.7. The molecule has 0 aliphatic heterocycles. The molecule has 6 heteroatoms. The molecule has 1 amide bonds. The molecule has 0 aromatic heterocycles. The minimum absolute atomic E-state index is 0.108. The fourth-order valence-corrected chi connectivity index (χ4v) is 2.03. The van der Waals surface area contributed by atoms with Gasteiger partial charge in [-0.25, -0.2) is 0 Å². The normalized spacial score (nSPS) is 10.1. The quantitative estimate of drug-likeness (QED) is 0.441. The number of nitrogens with two attached hydrogens (primary N) is 1. The van der Waals surface area contributed by atoms with Crippen LogP contribution in [-0.4, -0.2) is 17.4 Å². The van der Waals surface area contributed by atoms with Crippen LogP contribution in [0.2, 0.25) is 5.02 Å². The van der Waals surface area contributed by atoms with Gasteiger partial charge in [-0.15, -0.1) is 0 Å². The zero-order valence-corrected chi connectivity index (χ0v) is 13.4. The summed E-state index contributed by atoms with van der Waals surface area (Å²) >= 11 is 12.9. The van der Waals surface area contributed by atoms with Crippen molar-refractivity contribution in [3.63, 3.8) is 0 Å². The van der Waals surface area contributed by atoms with Crippen LogP contribution in [0.3, 0.4) is 0 Å². The van der Waals surface area contributed by atoms with Crippen LogP contribution < -0.4 is 11.1 Å². The number of thiocarbonyl (C=S) groups is 1. The summed E-state index contributed by atoms with van der Waals surface area (Å²) in [7, 11) is 0. The molecule has 0 aliphatic rings. The predicted octanol–water partition coefficient (Wildman–Crippen LogP) is 3.13. The molecule has 3 N–H and O–H groups in total. The molecule has 0 bridgehead atoms. The van der Waals surface area contributed by atoms with Gasteiger partial charge in [-0.3, -0.25) is 4.79 Å². The highest BCUT2D eigenvalue weighted by Crippen LogP contribution is 2.19. The van der Waals surface area contributed by atoms with Crippen LogP contribution in [0.1, 0.15) is 29.6 Å². The highest BCUT2D eigenvalue weighted by Gasteiger charge is 2.06. The van der Waals surface area contributed by atoms with Gasteiger partial charge in [0.15, 0.2) is 0 Å². The lowest BCUT2D eigenvalue weighted by Gasteiger charge is -2.06. The van der Waals surface area contributed by atoms with Crippen LogP contribution in [0.15, 0.2) is 18.2 Å². The molecule has 0 atom stereocenters. The second-order valence-corrected chi connectivity index (χ2v) is 5.90. The molecule has 0 heterocycles. The molecule has 0 saturated carbocycles. The number of nitrogens with one attached hydrogen (secondary N) is 1. The van der Waals surface area contributed by atoms with Crippen LogP contribution in [-0.2, 0) is 0 Å². The van der Waals surface area contributed by atoms with Gasteiger partial charge >= 0.3 is 0 Å². The first-order chi connectivity index (χ1) is 8.50. The molecule has 0 unspecified atom stereocenters. The van der Waals surface area contributed by atoms with Crippen molar-refractivity contribution in [1.82, 2.24) is 5.32 Å². The zero-order chi connectivity index (χ0) is 13.5. The Balaban J connectivity index is 2.36. The van der Waals surface area contributed by atoms with Gasteiger partial charge in [0.1, 0.15) is 0 Å². The smallest absolute Gasteiger partial charge is 0.251 e. The SMILES string of the molecule is NC(=S)CCCCNC(=O)c1ccc(I)c(Cl)c1. The average Bonchev–Trinajstić information content (AvgIpc) is 2.31. The zero-order valence-electron chi connectivity index (χ0n) is 9.71. The molecule has 0 spiro atoms. The molecular weight excluding hydrogens is 383 g/mol. The number of benzene rings is 1. The molecule has 0 saturated heterocycles. The Morgan fingerprint density at radius 3 is 2.78 bits per heavy atom. The number of carbonyl (C=O) groups excluding carboxylic acids is 1. The van der Waals surface area contributed by atoms with Gasteiger partial charge in [-0.2, -0.15) is 0 Å². The number of hydrogen-bond donors (Lipinski definition) is 2. The summed E-state index contributed by atoms with van der Waals surface area (Å²) in [5, 5.41) is 3.43. The number of rotatable bonds is 6. The molecule has 3 nitrogen and oxygen atoms in total. The van der Waals surface area contributed by atoms with E-state index in [2.05, 4.69) is 27.9 Å². The molecule has 1 rings (SSSR count). The molecule has 0 fully saturated rings. The van der Waals surface area contributed by atoms with Crippen LogP contribution in [0.25, 0.3) is 0 Å². The highest BCUT2D eigenvalue weighted by atomic mass is 127. The summed E-state index contributed by atoms with van der Waals surface area (Å²) in [5.41, 5.74) is 5.96. The van der Waals surface area contributed by atoms with E-state index in [1.807, 2.05) is 6.07 Å². The van der Waals surface area contributed by atoms with E-state index in [0.717, 1.165) is 22.8 Å². The van der Waals surface area contributed by atoms with Crippen molar-refractivity contribution in [2.24, 2.45) is 5.73 Å². The van der Waals surface area contributed by atoms with E-state index >= 15 is 0 Å². The standard InChI is InChI=1S/C12H14ClIN2OS/c13-9-7-8(4-5-10(9)14)12(17)16-6-2-1-3-11(15)18/h4-5,7H,1-3,6H2,(H2,15,18)(H,16,17). The Bertz CT molecular complexity index is 454. The van der Waals surface area contributed by atoms with E-state index in [-0.39, 0.29) is 5.91 Å². The average molecular weight is 397 g/mol. The van der Waals surface area contributed by atoms with Crippen molar-refractivity contribution in [2.45, 2.75) is 19.3 Å². The third kappa shape index (κ3) is 5.49. The number of carbonyl (C=O) groups is 1. The molecule has 1 aromatic rings. The molecule has 0 radical (unpaired) electrons. The largest absolute Gasteiger partial charge is 0.393 e. The summed E-state index contributed by atoms with van der Waals surface area (Å²) in [5.74, 6) is -0.108. The molecular formula is C12H14ClIN2OS. The first-order valence-electron chi connectivity index (χ1n) is 5.52. The lowest BCUT2D eigenvalue weighted by atomic mass is 10.2. The second-order valence-electron chi connectivity index (χ2n) is 3.81. The Labute approximate surface area is 131 Å². The van der Waals surface area contributed by atoms with E-state index in [1.165, 1.54) is 0 Å². The van der Waals surface area contributed by atoms with Gasteiger partial charge < -0.3 is 11.1 Å². The Hall–Kier alpha value is -0.400. The molecule has 18 heavy (non-hydrogen) atoms. The van der Waals surface area contributed by atoms with E-state index in [1.54, 1.807) is 12.1 Å². The van der Waals surface area contributed by atoms with E-state index in [9.17, 15) is 4.79 Å². The summed E-state index contributed by atoms with van der Waals surface area (Å²) in [6.07, 6.45) is 2.48. The third-order valence-corrected chi connectivity index (χ3v) is 4.09. The number of halogens is 2.